The summed E-state index contributed by atoms with van der Waals surface area (Å²) in [6.07, 6.45) is 26.4. The molecular weight excluding hydrogens is 290 g/mol. The third kappa shape index (κ3) is 10.7. The van der Waals surface area contributed by atoms with Crippen molar-refractivity contribution < 1.29 is 4.48 Å². The number of hydrogen-bond acceptors (Lipinski definition) is 0. The number of hydrogen-bond donors (Lipinski definition) is 0. The fraction of sp³-hybridized carbons (Fsp3) is 1.00. The maximum Gasteiger partial charge on any atom is 0.0886 e. The van der Waals surface area contributed by atoms with Crippen LogP contribution in [0, 0.1) is 0 Å². The van der Waals surface area contributed by atoms with E-state index in [2.05, 4.69) is 21.0 Å². The van der Waals surface area contributed by atoms with Gasteiger partial charge in [0, 0.05) is 0 Å². The third-order valence-electron chi connectivity index (χ3n) is 6.40. The van der Waals surface area contributed by atoms with Gasteiger partial charge in [0.1, 0.15) is 0 Å². The molecule has 144 valence electrons. The zero-order chi connectivity index (χ0) is 17.5. The van der Waals surface area contributed by atoms with Crippen LogP contribution >= 0.6 is 0 Å². The highest BCUT2D eigenvalue weighted by atomic mass is 15.3. The summed E-state index contributed by atoms with van der Waals surface area (Å²) in [5.41, 5.74) is 0. The van der Waals surface area contributed by atoms with E-state index in [0.29, 0.717) is 0 Å². The molecule has 0 saturated heterocycles. The van der Waals surface area contributed by atoms with E-state index in [9.17, 15) is 0 Å². The first kappa shape index (κ1) is 22.0. The van der Waals surface area contributed by atoms with E-state index in [1.807, 2.05) is 0 Å². The molecule has 1 aliphatic carbocycles. The van der Waals surface area contributed by atoms with Crippen LogP contribution in [0.25, 0.3) is 0 Å². The van der Waals surface area contributed by atoms with Gasteiger partial charge in [-0.1, -0.05) is 84.0 Å². The summed E-state index contributed by atoms with van der Waals surface area (Å²) in [7, 11) is 5.04. The van der Waals surface area contributed by atoms with Crippen LogP contribution in [0.5, 0.6) is 0 Å². The molecule has 0 aliphatic heterocycles. The van der Waals surface area contributed by atoms with Gasteiger partial charge in [0.25, 0.3) is 0 Å². The Morgan fingerprint density at radius 3 is 1.50 bits per heavy atom. The van der Waals surface area contributed by atoms with E-state index in [1.54, 1.807) is 0 Å². The molecule has 0 atom stereocenters. The summed E-state index contributed by atoms with van der Waals surface area (Å²) < 4.78 is 1.29. The molecule has 1 nitrogen and oxygen atoms in total. The summed E-state index contributed by atoms with van der Waals surface area (Å²) in [4.78, 5) is 0. The van der Waals surface area contributed by atoms with Crippen molar-refractivity contribution in [2.45, 2.75) is 129 Å². The van der Waals surface area contributed by atoms with E-state index in [4.69, 9.17) is 0 Å². The SMILES string of the molecule is CCCCCCCCC[N+](C)(C)C1CCCCCCCCCCC1. The Bertz CT molecular complexity index is 259. The second-order valence-corrected chi connectivity index (χ2v) is 9.04. The quantitative estimate of drug-likeness (QED) is 0.302. The van der Waals surface area contributed by atoms with Crippen LogP contribution in [-0.2, 0) is 0 Å². The van der Waals surface area contributed by atoms with Crippen molar-refractivity contribution >= 4 is 0 Å². The lowest BCUT2D eigenvalue weighted by molar-refractivity contribution is -0.916. The summed E-state index contributed by atoms with van der Waals surface area (Å²) in [6.45, 7) is 3.71. The van der Waals surface area contributed by atoms with E-state index in [-0.39, 0.29) is 0 Å². The predicted molar refractivity (Wildman–Crippen MR) is 110 cm³/mol. The van der Waals surface area contributed by atoms with Crippen molar-refractivity contribution in [3.8, 4) is 0 Å². The third-order valence-corrected chi connectivity index (χ3v) is 6.40. The lowest BCUT2D eigenvalue weighted by Gasteiger charge is -2.39. The molecule has 0 amide bonds. The van der Waals surface area contributed by atoms with Gasteiger partial charge in [-0.05, 0) is 38.5 Å². The molecule has 1 aliphatic rings. The maximum absolute atomic E-state index is 2.52. The Kier molecular flexibility index (Phi) is 13.0. The molecule has 0 radical (unpaired) electrons. The van der Waals surface area contributed by atoms with Crippen molar-refractivity contribution in [1.29, 1.82) is 0 Å². The first-order valence-corrected chi connectivity index (χ1v) is 11.5. The molecule has 24 heavy (non-hydrogen) atoms. The van der Waals surface area contributed by atoms with Gasteiger partial charge in [-0.25, -0.2) is 0 Å². The van der Waals surface area contributed by atoms with E-state index in [1.165, 1.54) is 127 Å². The fourth-order valence-corrected chi connectivity index (χ4v) is 4.50. The summed E-state index contributed by atoms with van der Waals surface area (Å²) >= 11 is 0. The van der Waals surface area contributed by atoms with Crippen molar-refractivity contribution in [3.05, 3.63) is 0 Å². The maximum atomic E-state index is 2.52. The normalized spacial score (nSPS) is 19.6. The highest BCUT2D eigenvalue weighted by molar-refractivity contribution is 4.63. The average molecular weight is 339 g/mol. The number of rotatable bonds is 9. The number of nitrogens with zero attached hydrogens (tertiary/aromatic N) is 1. The van der Waals surface area contributed by atoms with Crippen LogP contribution < -0.4 is 0 Å². The average Bonchev–Trinajstić information content (AvgIpc) is 2.54. The fourth-order valence-electron chi connectivity index (χ4n) is 4.50. The van der Waals surface area contributed by atoms with Crippen molar-refractivity contribution in [2.75, 3.05) is 20.6 Å². The molecule has 0 aromatic carbocycles. The van der Waals surface area contributed by atoms with Gasteiger partial charge in [-0.15, -0.1) is 0 Å². The van der Waals surface area contributed by atoms with Crippen LogP contribution in [0.2, 0.25) is 0 Å². The lowest BCUT2D eigenvalue weighted by Crippen LogP contribution is -2.49. The standard InChI is InChI=1S/C23H48N/c1-4-5-6-7-13-16-19-22-24(2,3)23-20-17-14-11-9-8-10-12-15-18-21-23/h23H,4-22H2,1-3H3/q+1. The van der Waals surface area contributed by atoms with Gasteiger partial charge >= 0.3 is 0 Å². The predicted octanol–water partition coefficient (Wildman–Crippen LogP) is 7.49. The molecule has 1 saturated carbocycles. The molecule has 0 spiro atoms. The van der Waals surface area contributed by atoms with E-state index in [0.717, 1.165) is 6.04 Å². The second-order valence-electron chi connectivity index (χ2n) is 9.04. The van der Waals surface area contributed by atoms with Crippen LogP contribution in [0.4, 0.5) is 0 Å². The molecule has 1 rings (SSSR count). The molecule has 0 aromatic heterocycles. The van der Waals surface area contributed by atoms with Gasteiger partial charge in [0.15, 0.2) is 0 Å². The minimum atomic E-state index is 0.921. The monoisotopic (exact) mass is 338 g/mol. The Labute approximate surface area is 154 Å². The molecule has 0 N–H and O–H groups in total. The van der Waals surface area contributed by atoms with Gasteiger partial charge in [-0.3, -0.25) is 0 Å². The molecule has 1 fully saturated rings. The lowest BCUT2D eigenvalue weighted by atomic mass is 9.95. The molecule has 0 bridgehead atoms. The van der Waals surface area contributed by atoms with E-state index < -0.39 is 0 Å². The Morgan fingerprint density at radius 1 is 0.583 bits per heavy atom. The molecule has 1 heteroatoms. The highest BCUT2D eigenvalue weighted by Gasteiger charge is 2.26. The number of unbranched alkanes of at least 4 members (excludes halogenated alkanes) is 6. The first-order valence-electron chi connectivity index (χ1n) is 11.5. The summed E-state index contributed by atoms with van der Waals surface area (Å²) in [5, 5.41) is 0. The minimum Gasteiger partial charge on any atom is -0.326 e. The Morgan fingerprint density at radius 2 is 1.00 bits per heavy atom. The molecule has 0 heterocycles. The van der Waals surface area contributed by atoms with Crippen LogP contribution in [0.3, 0.4) is 0 Å². The van der Waals surface area contributed by atoms with Gasteiger partial charge in [0.05, 0.1) is 26.7 Å². The largest absolute Gasteiger partial charge is 0.326 e. The number of quaternary nitrogens is 1. The summed E-state index contributed by atoms with van der Waals surface area (Å²) in [5.74, 6) is 0. The zero-order valence-electron chi connectivity index (χ0n) is 17.5. The van der Waals surface area contributed by atoms with Crippen molar-refractivity contribution in [2.24, 2.45) is 0 Å². The first-order chi connectivity index (χ1) is 11.7. The van der Waals surface area contributed by atoms with Crippen LogP contribution in [-0.4, -0.2) is 31.2 Å². The minimum absolute atomic E-state index is 0.921. The van der Waals surface area contributed by atoms with Crippen LogP contribution in [0.1, 0.15) is 122 Å². The Hall–Kier alpha value is -0.0400. The zero-order valence-corrected chi connectivity index (χ0v) is 17.5. The molecule has 0 aromatic rings. The van der Waals surface area contributed by atoms with Gasteiger partial charge in [-0.2, -0.15) is 0 Å². The second kappa shape index (κ2) is 14.2. The van der Waals surface area contributed by atoms with Crippen LogP contribution in [0.15, 0.2) is 0 Å². The highest BCUT2D eigenvalue weighted by Crippen LogP contribution is 2.24. The smallest absolute Gasteiger partial charge is 0.0886 e. The molecule has 0 unspecified atom stereocenters. The Balaban J connectivity index is 2.28. The summed E-state index contributed by atoms with van der Waals surface area (Å²) in [6, 6.07) is 0.921. The topological polar surface area (TPSA) is 0 Å². The van der Waals surface area contributed by atoms with Gasteiger partial charge in [0.2, 0.25) is 0 Å². The van der Waals surface area contributed by atoms with Crippen molar-refractivity contribution in [1.82, 2.24) is 0 Å². The molecular formula is C23H48N+. The van der Waals surface area contributed by atoms with E-state index >= 15 is 0 Å². The van der Waals surface area contributed by atoms with Crippen molar-refractivity contribution in [3.63, 3.8) is 0 Å². The van der Waals surface area contributed by atoms with Gasteiger partial charge < -0.3 is 4.48 Å².